The van der Waals surface area contributed by atoms with E-state index in [1.54, 1.807) is 7.11 Å². The van der Waals surface area contributed by atoms with Gasteiger partial charge >= 0.3 is 0 Å². The molecule has 3 heteroatoms. The van der Waals surface area contributed by atoms with E-state index in [1.807, 2.05) is 0 Å². The van der Waals surface area contributed by atoms with Gasteiger partial charge in [-0.05, 0) is 12.5 Å². The number of ether oxygens (including phenoxy) is 1. The topological polar surface area (TPSA) is 12.5 Å². The molecule has 0 spiro atoms. The lowest BCUT2D eigenvalue weighted by Gasteiger charge is -2.24. The Morgan fingerprint density at radius 2 is 2.00 bits per heavy atom. The van der Waals surface area contributed by atoms with Crippen molar-refractivity contribution in [3.63, 3.8) is 0 Å². The molecule has 0 saturated carbocycles. The number of hydrogen-bond acceptors (Lipinski definition) is 2. The van der Waals surface area contributed by atoms with E-state index in [1.165, 1.54) is 5.56 Å². The molecule has 0 aromatic heterocycles. The number of nitrogens with zero attached hydrogens (tertiary/aromatic N) is 1. The van der Waals surface area contributed by atoms with Gasteiger partial charge in [-0.25, -0.2) is 0 Å². The maximum atomic E-state index is 5.31. The summed E-state index contributed by atoms with van der Waals surface area (Å²) in [6.07, 6.45) is 0.280. The second-order valence-electron chi connectivity index (χ2n) is 3.96. The van der Waals surface area contributed by atoms with Crippen LogP contribution in [0.2, 0.25) is 0 Å². The van der Waals surface area contributed by atoms with E-state index in [4.69, 9.17) is 4.74 Å². The Balaban J connectivity index is 2.50. The van der Waals surface area contributed by atoms with Crippen LogP contribution in [0.15, 0.2) is 30.3 Å². The average Bonchev–Trinajstić information content (AvgIpc) is 2.30. The van der Waals surface area contributed by atoms with E-state index in [9.17, 15) is 0 Å². The Kier molecular flexibility index (Phi) is 6.69. The summed E-state index contributed by atoms with van der Waals surface area (Å²) in [5.74, 6) is 0. The molecular formula is C13H20BrNO. The molecule has 0 radical (unpaired) electrons. The first kappa shape index (κ1) is 13.7. The fourth-order valence-corrected chi connectivity index (χ4v) is 2.14. The zero-order chi connectivity index (χ0) is 11.8. The minimum atomic E-state index is 0.280. The monoisotopic (exact) mass is 285 g/mol. The molecule has 1 aromatic rings. The van der Waals surface area contributed by atoms with Crippen molar-refractivity contribution in [2.45, 2.75) is 19.6 Å². The van der Waals surface area contributed by atoms with Crippen molar-refractivity contribution < 1.29 is 4.74 Å². The van der Waals surface area contributed by atoms with E-state index in [0.29, 0.717) is 0 Å². The summed E-state index contributed by atoms with van der Waals surface area (Å²) >= 11 is 3.49. The Morgan fingerprint density at radius 1 is 1.31 bits per heavy atom. The van der Waals surface area contributed by atoms with Crippen LogP contribution >= 0.6 is 15.9 Å². The molecule has 0 fully saturated rings. The van der Waals surface area contributed by atoms with E-state index >= 15 is 0 Å². The SMILES string of the molecule is COC(C)CN(CCBr)Cc1ccccc1. The van der Waals surface area contributed by atoms with Crippen LogP contribution in [0.25, 0.3) is 0 Å². The fourth-order valence-electron chi connectivity index (χ4n) is 1.63. The molecule has 1 aromatic carbocycles. The lowest BCUT2D eigenvalue weighted by atomic mass is 10.2. The van der Waals surface area contributed by atoms with Gasteiger partial charge in [-0.2, -0.15) is 0 Å². The number of halogens is 1. The van der Waals surface area contributed by atoms with Gasteiger partial charge in [-0.15, -0.1) is 0 Å². The van der Waals surface area contributed by atoms with E-state index < -0.39 is 0 Å². The summed E-state index contributed by atoms with van der Waals surface area (Å²) < 4.78 is 5.31. The second-order valence-corrected chi connectivity index (χ2v) is 4.75. The maximum absolute atomic E-state index is 5.31. The van der Waals surface area contributed by atoms with Crippen LogP contribution in [0.5, 0.6) is 0 Å². The van der Waals surface area contributed by atoms with E-state index in [2.05, 4.69) is 58.1 Å². The molecule has 0 aliphatic carbocycles. The van der Waals surface area contributed by atoms with Gasteiger partial charge in [0, 0.05) is 32.1 Å². The minimum Gasteiger partial charge on any atom is -0.380 e. The number of hydrogen-bond donors (Lipinski definition) is 0. The van der Waals surface area contributed by atoms with Crippen LogP contribution in [0, 0.1) is 0 Å². The summed E-state index contributed by atoms with van der Waals surface area (Å²) in [5.41, 5.74) is 1.35. The maximum Gasteiger partial charge on any atom is 0.0670 e. The van der Waals surface area contributed by atoms with Gasteiger partial charge in [0.15, 0.2) is 0 Å². The third-order valence-corrected chi connectivity index (χ3v) is 2.92. The average molecular weight is 286 g/mol. The standard InChI is InChI=1S/C13H20BrNO/c1-12(16-2)10-15(9-8-14)11-13-6-4-3-5-7-13/h3-7,12H,8-11H2,1-2H3. The molecule has 0 saturated heterocycles. The highest BCUT2D eigenvalue weighted by Crippen LogP contribution is 2.06. The lowest BCUT2D eigenvalue weighted by molar-refractivity contribution is 0.0768. The molecule has 0 heterocycles. The van der Waals surface area contributed by atoms with Gasteiger partial charge in [0.2, 0.25) is 0 Å². The van der Waals surface area contributed by atoms with Gasteiger partial charge in [0.25, 0.3) is 0 Å². The third kappa shape index (κ3) is 5.10. The summed E-state index contributed by atoms with van der Waals surface area (Å²) in [6, 6.07) is 10.6. The van der Waals surface area contributed by atoms with Crippen molar-refractivity contribution >= 4 is 15.9 Å². The van der Waals surface area contributed by atoms with Crippen molar-refractivity contribution in [2.24, 2.45) is 0 Å². The summed E-state index contributed by atoms with van der Waals surface area (Å²) in [4.78, 5) is 2.40. The second kappa shape index (κ2) is 7.82. The fraction of sp³-hybridized carbons (Fsp3) is 0.538. The molecule has 0 amide bonds. The van der Waals surface area contributed by atoms with Crippen molar-refractivity contribution in [3.05, 3.63) is 35.9 Å². The number of methoxy groups -OCH3 is 1. The zero-order valence-electron chi connectivity index (χ0n) is 10.0. The quantitative estimate of drug-likeness (QED) is 0.715. The van der Waals surface area contributed by atoms with Gasteiger partial charge in [-0.3, -0.25) is 4.90 Å². The van der Waals surface area contributed by atoms with Crippen LogP contribution in [-0.2, 0) is 11.3 Å². The van der Waals surface area contributed by atoms with Crippen molar-refractivity contribution in [1.29, 1.82) is 0 Å². The summed E-state index contributed by atoms with van der Waals surface area (Å²) in [7, 11) is 1.76. The van der Waals surface area contributed by atoms with Crippen molar-refractivity contribution in [2.75, 3.05) is 25.5 Å². The Hall–Kier alpha value is -0.380. The first-order valence-electron chi connectivity index (χ1n) is 5.61. The van der Waals surface area contributed by atoms with Crippen LogP contribution in [0.4, 0.5) is 0 Å². The Labute approximate surface area is 107 Å². The minimum absolute atomic E-state index is 0.280. The normalized spacial score (nSPS) is 13.0. The number of alkyl halides is 1. The predicted octanol–water partition coefficient (Wildman–Crippen LogP) is 2.92. The predicted molar refractivity (Wildman–Crippen MR) is 72.0 cm³/mol. The molecule has 1 rings (SSSR count). The van der Waals surface area contributed by atoms with E-state index in [0.717, 1.165) is 25.0 Å². The van der Waals surface area contributed by atoms with Crippen molar-refractivity contribution in [1.82, 2.24) is 4.90 Å². The summed E-state index contributed by atoms with van der Waals surface area (Å²) in [6.45, 7) is 5.10. The van der Waals surface area contributed by atoms with E-state index in [-0.39, 0.29) is 6.10 Å². The highest BCUT2D eigenvalue weighted by Gasteiger charge is 2.09. The van der Waals surface area contributed by atoms with Gasteiger partial charge in [-0.1, -0.05) is 46.3 Å². The third-order valence-electron chi connectivity index (χ3n) is 2.57. The van der Waals surface area contributed by atoms with Gasteiger partial charge in [0.05, 0.1) is 6.10 Å². The first-order valence-corrected chi connectivity index (χ1v) is 6.73. The Morgan fingerprint density at radius 3 is 2.56 bits per heavy atom. The largest absolute Gasteiger partial charge is 0.380 e. The number of rotatable bonds is 7. The zero-order valence-corrected chi connectivity index (χ0v) is 11.6. The van der Waals surface area contributed by atoms with Gasteiger partial charge in [0.1, 0.15) is 0 Å². The molecular weight excluding hydrogens is 266 g/mol. The lowest BCUT2D eigenvalue weighted by Crippen LogP contribution is -2.33. The van der Waals surface area contributed by atoms with Crippen LogP contribution in [0.1, 0.15) is 12.5 Å². The smallest absolute Gasteiger partial charge is 0.0670 e. The van der Waals surface area contributed by atoms with Crippen molar-refractivity contribution in [3.8, 4) is 0 Å². The van der Waals surface area contributed by atoms with Crippen LogP contribution < -0.4 is 0 Å². The molecule has 0 N–H and O–H groups in total. The van der Waals surface area contributed by atoms with Crippen LogP contribution in [-0.4, -0.2) is 36.5 Å². The molecule has 90 valence electrons. The van der Waals surface area contributed by atoms with Gasteiger partial charge < -0.3 is 4.74 Å². The molecule has 16 heavy (non-hydrogen) atoms. The highest BCUT2D eigenvalue weighted by molar-refractivity contribution is 9.09. The molecule has 1 atom stereocenters. The first-order chi connectivity index (χ1) is 7.76. The molecule has 2 nitrogen and oxygen atoms in total. The molecule has 0 aliphatic rings. The Bertz CT molecular complexity index is 279. The highest BCUT2D eigenvalue weighted by atomic mass is 79.9. The van der Waals surface area contributed by atoms with Crippen LogP contribution in [0.3, 0.4) is 0 Å². The molecule has 0 bridgehead atoms. The number of benzene rings is 1. The molecule has 0 aliphatic heterocycles. The molecule has 1 unspecified atom stereocenters. The summed E-state index contributed by atoms with van der Waals surface area (Å²) in [5, 5.41) is 0.996.